The summed E-state index contributed by atoms with van der Waals surface area (Å²) in [4.78, 5) is 0. The zero-order valence-corrected chi connectivity index (χ0v) is 12.4. The van der Waals surface area contributed by atoms with Gasteiger partial charge in [0.2, 0.25) is 0 Å². The molecule has 0 aromatic heterocycles. The summed E-state index contributed by atoms with van der Waals surface area (Å²) in [5.41, 5.74) is 0.175. The summed E-state index contributed by atoms with van der Waals surface area (Å²) in [6.07, 6.45) is 1.59. The SMILES string of the molecule is CCC(C)(C)OCCC(C#N)(NC)c1ccccc1. The molecule has 0 aliphatic heterocycles. The fourth-order valence-corrected chi connectivity index (χ4v) is 1.90. The second-order valence-electron chi connectivity index (χ2n) is 5.34. The van der Waals surface area contributed by atoms with Crippen LogP contribution < -0.4 is 5.32 Å². The molecule has 0 bridgehead atoms. The lowest BCUT2D eigenvalue weighted by molar-refractivity contribution is -0.0266. The van der Waals surface area contributed by atoms with E-state index >= 15 is 0 Å². The third-order valence-corrected chi connectivity index (χ3v) is 3.71. The van der Waals surface area contributed by atoms with E-state index in [9.17, 15) is 5.26 Å². The smallest absolute Gasteiger partial charge is 0.134 e. The van der Waals surface area contributed by atoms with E-state index in [0.717, 1.165) is 12.0 Å². The number of benzene rings is 1. The first-order chi connectivity index (χ1) is 8.99. The average Bonchev–Trinajstić information content (AvgIpc) is 2.45. The molecule has 1 unspecified atom stereocenters. The van der Waals surface area contributed by atoms with Gasteiger partial charge in [-0.2, -0.15) is 5.26 Å². The summed E-state index contributed by atoms with van der Waals surface area (Å²) in [6, 6.07) is 12.2. The van der Waals surface area contributed by atoms with Crippen molar-refractivity contribution in [1.29, 1.82) is 5.26 Å². The average molecular weight is 260 g/mol. The van der Waals surface area contributed by atoms with Crippen LogP contribution in [0.5, 0.6) is 0 Å². The molecule has 0 spiro atoms. The van der Waals surface area contributed by atoms with Gasteiger partial charge in [-0.3, -0.25) is 5.32 Å². The molecule has 1 aromatic carbocycles. The Labute approximate surface area is 116 Å². The molecule has 1 aromatic rings. The second-order valence-corrected chi connectivity index (χ2v) is 5.34. The number of nitrogens with zero attached hydrogens (tertiary/aromatic N) is 1. The molecular weight excluding hydrogens is 236 g/mol. The highest BCUT2D eigenvalue weighted by molar-refractivity contribution is 5.31. The fraction of sp³-hybridized carbons (Fsp3) is 0.562. The highest BCUT2D eigenvalue weighted by Gasteiger charge is 2.30. The first-order valence-corrected chi connectivity index (χ1v) is 6.79. The molecule has 3 nitrogen and oxygen atoms in total. The van der Waals surface area contributed by atoms with E-state index in [1.54, 1.807) is 0 Å². The van der Waals surface area contributed by atoms with Gasteiger partial charge in [0.25, 0.3) is 0 Å². The van der Waals surface area contributed by atoms with E-state index in [0.29, 0.717) is 13.0 Å². The molecule has 19 heavy (non-hydrogen) atoms. The molecule has 1 N–H and O–H groups in total. The van der Waals surface area contributed by atoms with Crippen molar-refractivity contribution >= 4 is 0 Å². The topological polar surface area (TPSA) is 45.0 Å². The molecule has 0 saturated heterocycles. The van der Waals surface area contributed by atoms with Gasteiger partial charge in [-0.1, -0.05) is 37.3 Å². The number of ether oxygens (including phenoxy) is 1. The van der Waals surface area contributed by atoms with Crippen LogP contribution in [0, 0.1) is 11.3 Å². The van der Waals surface area contributed by atoms with Gasteiger partial charge in [-0.15, -0.1) is 0 Å². The Bertz CT molecular complexity index is 422. The van der Waals surface area contributed by atoms with Crippen molar-refractivity contribution in [2.45, 2.75) is 44.8 Å². The lowest BCUT2D eigenvalue weighted by atomic mass is 9.88. The van der Waals surface area contributed by atoms with Crippen molar-refractivity contribution in [3.8, 4) is 6.07 Å². The molecule has 0 amide bonds. The van der Waals surface area contributed by atoms with E-state index in [1.807, 2.05) is 37.4 Å². The van der Waals surface area contributed by atoms with Gasteiger partial charge >= 0.3 is 0 Å². The maximum Gasteiger partial charge on any atom is 0.134 e. The van der Waals surface area contributed by atoms with Gasteiger partial charge in [0.05, 0.1) is 18.3 Å². The van der Waals surface area contributed by atoms with Gasteiger partial charge in [-0.25, -0.2) is 0 Å². The van der Waals surface area contributed by atoms with E-state index in [4.69, 9.17) is 4.74 Å². The highest BCUT2D eigenvalue weighted by Crippen LogP contribution is 2.25. The molecule has 0 saturated carbocycles. The minimum atomic E-state index is -0.676. The number of hydrogen-bond donors (Lipinski definition) is 1. The standard InChI is InChI=1S/C16H24N2O/c1-5-15(2,3)19-12-11-16(13-17,18-4)14-9-7-6-8-10-14/h6-10,18H,5,11-12H2,1-4H3. The van der Waals surface area contributed by atoms with Crippen LogP contribution in [0.4, 0.5) is 0 Å². The summed E-state index contributed by atoms with van der Waals surface area (Å²) >= 11 is 0. The maximum absolute atomic E-state index is 9.55. The highest BCUT2D eigenvalue weighted by atomic mass is 16.5. The van der Waals surface area contributed by atoms with Crippen molar-refractivity contribution in [2.75, 3.05) is 13.7 Å². The van der Waals surface area contributed by atoms with E-state index in [1.165, 1.54) is 0 Å². The van der Waals surface area contributed by atoms with Gasteiger partial charge in [0, 0.05) is 6.42 Å². The number of hydrogen-bond acceptors (Lipinski definition) is 3. The van der Waals surface area contributed by atoms with Crippen molar-refractivity contribution in [1.82, 2.24) is 5.32 Å². The van der Waals surface area contributed by atoms with Crippen LogP contribution in [0.3, 0.4) is 0 Å². The molecule has 1 atom stereocenters. The summed E-state index contributed by atoms with van der Waals surface area (Å²) in [5, 5.41) is 12.7. The quantitative estimate of drug-likeness (QED) is 0.818. The molecule has 0 aliphatic rings. The predicted molar refractivity (Wildman–Crippen MR) is 77.7 cm³/mol. The zero-order valence-electron chi connectivity index (χ0n) is 12.4. The van der Waals surface area contributed by atoms with E-state index in [2.05, 4.69) is 32.2 Å². The maximum atomic E-state index is 9.55. The Hall–Kier alpha value is -1.37. The second kappa shape index (κ2) is 6.70. The summed E-state index contributed by atoms with van der Waals surface area (Å²) in [6.45, 7) is 6.81. The third kappa shape index (κ3) is 4.05. The number of nitrogens with one attached hydrogen (secondary N) is 1. The first-order valence-electron chi connectivity index (χ1n) is 6.79. The van der Waals surface area contributed by atoms with Gasteiger partial charge in [0.15, 0.2) is 0 Å². The van der Waals surface area contributed by atoms with Crippen LogP contribution >= 0.6 is 0 Å². The van der Waals surface area contributed by atoms with Gasteiger partial charge < -0.3 is 4.74 Å². The summed E-state index contributed by atoms with van der Waals surface area (Å²) in [7, 11) is 1.82. The third-order valence-electron chi connectivity index (χ3n) is 3.71. The van der Waals surface area contributed by atoms with Gasteiger partial charge in [-0.05, 0) is 32.9 Å². The summed E-state index contributed by atoms with van der Waals surface area (Å²) in [5.74, 6) is 0. The van der Waals surface area contributed by atoms with Crippen LogP contribution in [-0.2, 0) is 10.3 Å². The number of rotatable bonds is 7. The molecular formula is C16H24N2O. The molecule has 0 heterocycles. The Balaban J connectivity index is 2.77. The Morgan fingerprint density at radius 1 is 1.26 bits per heavy atom. The monoisotopic (exact) mass is 260 g/mol. The van der Waals surface area contributed by atoms with Crippen LogP contribution in [0.2, 0.25) is 0 Å². The Morgan fingerprint density at radius 2 is 1.89 bits per heavy atom. The number of nitriles is 1. The Kier molecular flexibility index (Phi) is 5.53. The van der Waals surface area contributed by atoms with Crippen molar-refractivity contribution < 1.29 is 4.74 Å². The predicted octanol–water partition coefficient (Wildman–Crippen LogP) is 3.22. The van der Waals surface area contributed by atoms with Crippen molar-refractivity contribution in [3.63, 3.8) is 0 Å². The fourth-order valence-electron chi connectivity index (χ4n) is 1.90. The molecule has 104 valence electrons. The lowest BCUT2D eigenvalue weighted by Gasteiger charge is -2.29. The van der Waals surface area contributed by atoms with Crippen LogP contribution in [-0.4, -0.2) is 19.3 Å². The largest absolute Gasteiger partial charge is 0.375 e. The molecule has 0 fully saturated rings. The molecule has 0 radical (unpaired) electrons. The minimum Gasteiger partial charge on any atom is -0.375 e. The minimum absolute atomic E-state index is 0.133. The van der Waals surface area contributed by atoms with Crippen molar-refractivity contribution in [2.24, 2.45) is 0 Å². The summed E-state index contributed by atoms with van der Waals surface area (Å²) < 4.78 is 5.87. The van der Waals surface area contributed by atoms with E-state index < -0.39 is 5.54 Å². The van der Waals surface area contributed by atoms with Crippen LogP contribution in [0.25, 0.3) is 0 Å². The van der Waals surface area contributed by atoms with Crippen molar-refractivity contribution in [3.05, 3.63) is 35.9 Å². The molecule has 0 aliphatic carbocycles. The molecule has 3 heteroatoms. The van der Waals surface area contributed by atoms with Gasteiger partial charge in [0.1, 0.15) is 5.54 Å². The molecule has 1 rings (SSSR count). The lowest BCUT2D eigenvalue weighted by Crippen LogP contribution is -2.40. The van der Waals surface area contributed by atoms with Crippen LogP contribution in [0.15, 0.2) is 30.3 Å². The Morgan fingerprint density at radius 3 is 2.37 bits per heavy atom. The van der Waals surface area contributed by atoms with Crippen LogP contribution in [0.1, 0.15) is 39.2 Å². The van der Waals surface area contributed by atoms with E-state index in [-0.39, 0.29) is 5.60 Å². The zero-order chi connectivity index (χ0) is 14.4. The normalized spacial score (nSPS) is 14.7. The first kappa shape index (κ1) is 15.7.